The van der Waals surface area contributed by atoms with Gasteiger partial charge in [-0.2, -0.15) is 0 Å². The number of nitrogens with one attached hydrogen (secondary N) is 2. The van der Waals surface area contributed by atoms with Gasteiger partial charge in [-0.1, -0.05) is 0 Å². The largest absolute Gasteiger partial charge is 0.374 e. The van der Waals surface area contributed by atoms with E-state index in [9.17, 15) is 4.79 Å². The fourth-order valence-corrected chi connectivity index (χ4v) is 6.05. The van der Waals surface area contributed by atoms with Gasteiger partial charge in [0.2, 0.25) is 0 Å². The molecule has 1 amide bonds. The summed E-state index contributed by atoms with van der Waals surface area (Å²) in [6.45, 7) is 3.90. The van der Waals surface area contributed by atoms with E-state index < -0.39 is 0 Å². The molecular formula is C22H27N3O2. The summed E-state index contributed by atoms with van der Waals surface area (Å²) in [7, 11) is 0. The van der Waals surface area contributed by atoms with E-state index in [1.54, 1.807) is 0 Å². The molecule has 4 aliphatic heterocycles. The molecule has 5 heterocycles. The average molecular weight is 365 g/mol. The summed E-state index contributed by atoms with van der Waals surface area (Å²) in [6, 6.07) is 6.20. The van der Waals surface area contributed by atoms with Crippen LogP contribution in [0.1, 0.15) is 47.5 Å². The van der Waals surface area contributed by atoms with Gasteiger partial charge in [0, 0.05) is 47.6 Å². The third kappa shape index (κ3) is 2.48. The van der Waals surface area contributed by atoms with Gasteiger partial charge in [-0.3, -0.25) is 4.79 Å². The molecule has 1 aromatic carbocycles. The molecule has 4 saturated heterocycles. The second-order valence-electron chi connectivity index (χ2n) is 8.86. The van der Waals surface area contributed by atoms with E-state index in [2.05, 4.69) is 33.5 Å². The van der Waals surface area contributed by atoms with Gasteiger partial charge in [0.1, 0.15) is 0 Å². The molecule has 0 spiro atoms. The average Bonchev–Trinajstić information content (AvgIpc) is 3.48. The molecule has 2 bridgehead atoms. The maximum Gasteiger partial charge on any atom is 0.253 e. The number of aromatic amines is 1. The number of hydrogen-bond acceptors (Lipinski definition) is 3. The van der Waals surface area contributed by atoms with E-state index in [1.807, 2.05) is 6.07 Å². The molecule has 4 aliphatic rings. The first-order valence-corrected chi connectivity index (χ1v) is 10.5. The fraction of sp³-hybridized carbons (Fsp3) is 0.591. The Kier molecular flexibility index (Phi) is 3.63. The molecule has 5 nitrogen and oxygen atoms in total. The number of likely N-dealkylation sites (tertiary alicyclic amines) is 1. The van der Waals surface area contributed by atoms with E-state index in [4.69, 9.17) is 4.74 Å². The van der Waals surface area contributed by atoms with Crippen molar-refractivity contribution in [1.82, 2.24) is 15.2 Å². The Morgan fingerprint density at radius 3 is 2.52 bits per heavy atom. The van der Waals surface area contributed by atoms with Crippen LogP contribution >= 0.6 is 0 Å². The van der Waals surface area contributed by atoms with Crippen LogP contribution in [0.4, 0.5) is 0 Å². The predicted octanol–water partition coefficient (Wildman–Crippen LogP) is 2.88. The number of benzene rings is 1. The molecule has 6 rings (SSSR count). The van der Waals surface area contributed by atoms with Gasteiger partial charge in [0.25, 0.3) is 5.91 Å². The minimum absolute atomic E-state index is 0.197. The number of rotatable bonds is 2. The maximum atomic E-state index is 13.2. The van der Waals surface area contributed by atoms with Crippen molar-refractivity contribution in [2.75, 3.05) is 26.2 Å². The molecule has 2 N–H and O–H groups in total. The van der Waals surface area contributed by atoms with Crippen molar-refractivity contribution >= 4 is 16.8 Å². The van der Waals surface area contributed by atoms with Crippen LogP contribution in [0.5, 0.6) is 0 Å². The molecule has 5 heteroatoms. The van der Waals surface area contributed by atoms with E-state index in [-0.39, 0.29) is 5.91 Å². The molecule has 0 aliphatic carbocycles. The number of piperidine rings is 1. The Labute approximate surface area is 159 Å². The van der Waals surface area contributed by atoms with Crippen molar-refractivity contribution in [1.29, 1.82) is 0 Å². The van der Waals surface area contributed by atoms with E-state index in [0.717, 1.165) is 37.3 Å². The first-order chi connectivity index (χ1) is 13.3. The van der Waals surface area contributed by atoms with E-state index in [0.29, 0.717) is 30.0 Å². The second-order valence-corrected chi connectivity index (χ2v) is 8.86. The zero-order valence-electron chi connectivity index (χ0n) is 15.6. The summed E-state index contributed by atoms with van der Waals surface area (Å²) < 4.78 is 6.06. The van der Waals surface area contributed by atoms with Crippen molar-refractivity contribution in [2.24, 2.45) is 11.8 Å². The lowest BCUT2D eigenvalue weighted by Gasteiger charge is -2.22. The van der Waals surface area contributed by atoms with Crippen LogP contribution in [0.25, 0.3) is 10.9 Å². The number of carbonyl (C=O) groups excluding carboxylic acids is 1. The molecule has 0 unspecified atom stereocenters. The quantitative estimate of drug-likeness (QED) is 0.860. The van der Waals surface area contributed by atoms with Crippen molar-refractivity contribution in [3.63, 3.8) is 0 Å². The predicted molar refractivity (Wildman–Crippen MR) is 104 cm³/mol. The van der Waals surface area contributed by atoms with E-state index >= 15 is 0 Å². The number of carbonyl (C=O) groups is 1. The van der Waals surface area contributed by atoms with Crippen LogP contribution in [0.3, 0.4) is 0 Å². The Hall–Kier alpha value is -1.85. The normalized spacial score (nSPS) is 33.1. The van der Waals surface area contributed by atoms with Gasteiger partial charge < -0.3 is 19.9 Å². The molecule has 27 heavy (non-hydrogen) atoms. The van der Waals surface area contributed by atoms with Crippen molar-refractivity contribution in [3.05, 3.63) is 35.5 Å². The van der Waals surface area contributed by atoms with Crippen LogP contribution < -0.4 is 5.32 Å². The monoisotopic (exact) mass is 365 g/mol. The first-order valence-electron chi connectivity index (χ1n) is 10.5. The lowest BCUT2D eigenvalue weighted by molar-refractivity contribution is 0.0594. The molecule has 1 aromatic heterocycles. The summed E-state index contributed by atoms with van der Waals surface area (Å²) in [5, 5.41) is 4.67. The van der Waals surface area contributed by atoms with Crippen molar-refractivity contribution in [2.45, 2.75) is 43.8 Å². The number of hydrogen-bond donors (Lipinski definition) is 2. The summed E-state index contributed by atoms with van der Waals surface area (Å²) in [5.41, 5.74) is 3.36. The fourth-order valence-electron chi connectivity index (χ4n) is 6.05. The molecular weight excluding hydrogens is 338 g/mol. The highest BCUT2D eigenvalue weighted by Crippen LogP contribution is 2.47. The van der Waals surface area contributed by atoms with Crippen molar-refractivity contribution in [3.8, 4) is 0 Å². The Morgan fingerprint density at radius 1 is 1.04 bits per heavy atom. The molecule has 142 valence electrons. The first kappa shape index (κ1) is 16.1. The second kappa shape index (κ2) is 6.08. The van der Waals surface area contributed by atoms with Crippen LogP contribution in [-0.4, -0.2) is 54.2 Å². The van der Waals surface area contributed by atoms with Crippen LogP contribution in [-0.2, 0) is 4.74 Å². The number of nitrogens with zero attached hydrogens (tertiary/aromatic N) is 1. The third-order valence-corrected chi connectivity index (χ3v) is 7.48. The summed E-state index contributed by atoms with van der Waals surface area (Å²) in [6.07, 6.45) is 7.66. The van der Waals surface area contributed by atoms with Gasteiger partial charge in [0.15, 0.2) is 0 Å². The van der Waals surface area contributed by atoms with Crippen LogP contribution in [0.2, 0.25) is 0 Å². The SMILES string of the molecule is O=C(c1ccc2[nH]cc(C3CCNCC3)c2c1)N1C[C@@H]2[C@H](C1)[C@H]1CC[C@@H]2O1. The Bertz CT molecular complexity index is 867. The molecule has 4 atom stereocenters. The minimum atomic E-state index is 0.197. The summed E-state index contributed by atoms with van der Waals surface area (Å²) >= 11 is 0. The highest BCUT2D eigenvalue weighted by Gasteiger charge is 2.53. The molecule has 2 aromatic rings. The Balaban J connectivity index is 1.27. The number of H-pyrrole nitrogens is 1. The lowest BCUT2D eigenvalue weighted by atomic mass is 9.82. The van der Waals surface area contributed by atoms with Gasteiger partial charge in [-0.05, 0) is 68.5 Å². The molecule has 0 saturated carbocycles. The third-order valence-electron chi connectivity index (χ3n) is 7.48. The van der Waals surface area contributed by atoms with Gasteiger partial charge in [-0.15, -0.1) is 0 Å². The van der Waals surface area contributed by atoms with Gasteiger partial charge in [-0.25, -0.2) is 0 Å². The topological polar surface area (TPSA) is 57.4 Å². The molecule has 4 fully saturated rings. The number of ether oxygens (including phenoxy) is 1. The minimum Gasteiger partial charge on any atom is -0.374 e. The Morgan fingerprint density at radius 2 is 1.78 bits per heavy atom. The number of fused-ring (bicyclic) bond motifs is 6. The molecule has 0 radical (unpaired) electrons. The number of amides is 1. The van der Waals surface area contributed by atoms with Gasteiger partial charge in [0.05, 0.1) is 12.2 Å². The zero-order valence-corrected chi connectivity index (χ0v) is 15.6. The van der Waals surface area contributed by atoms with Gasteiger partial charge >= 0.3 is 0 Å². The van der Waals surface area contributed by atoms with Crippen LogP contribution in [0.15, 0.2) is 24.4 Å². The number of aromatic nitrogens is 1. The van der Waals surface area contributed by atoms with E-state index in [1.165, 1.54) is 36.6 Å². The maximum absolute atomic E-state index is 13.2. The zero-order chi connectivity index (χ0) is 18.0. The highest BCUT2D eigenvalue weighted by molar-refractivity contribution is 5.99. The smallest absolute Gasteiger partial charge is 0.253 e. The summed E-state index contributed by atoms with van der Waals surface area (Å²) in [5.74, 6) is 1.91. The summed E-state index contributed by atoms with van der Waals surface area (Å²) in [4.78, 5) is 18.7. The lowest BCUT2D eigenvalue weighted by Crippen LogP contribution is -2.31. The van der Waals surface area contributed by atoms with Crippen LogP contribution in [0, 0.1) is 11.8 Å². The highest BCUT2D eigenvalue weighted by atomic mass is 16.5. The van der Waals surface area contributed by atoms with Crippen molar-refractivity contribution < 1.29 is 9.53 Å². The standard InChI is InChI=1S/C22H27N3O2/c26-22(25-11-17-18(12-25)21-4-3-20(17)27-21)14-1-2-19-15(9-14)16(10-24-19)13-5-7-23-8-6-13/h1-2,9-10,13,17-18,20-21,23-24H,3-8,11-12H2/t17-,18+,20+,21-.